The summed E-state index contributed by atoms with van der Waals surface area (Å²) in [4.78, 5) is 25.0. The number of carbonyl (C=O) groups excluding carboxylic acids is 2. The highest BCUT2D eigenvalue weighted by molar-refractivity contribution is 6.36. The van der Waals surface area contributed by atoms with Gasteiger partial charge in [0.2, 0.25) is 0 Å². The van der Waals surface area contributed by atoms with Crippen molar-refractivity contribution < 1.29 is 14.3 Å². The Labute approximate surface area is 160 Å². The molecule has 1 saturated heterocycles. The maximum absolute atomic E-state index is 12.7. The first-order chi connectivity index (χ1) is 12.4. The second-order valence-electron chi connectivity index (χ2n) is 6.27. The Morgan fingerprint density at radius 2 is 1.88 bits per heavy atom. The molecule has 0 aliphatic carbocycles. The third-order valence-corrected chi connectivity index (χ3v) is 4.66. The molecule has 4 rings (SSSR count). The van der Waals surface area contributed by atoms with Crippen molar-refractivity contribution in [3.8, 4) is 5.75 Å². The molecule has 2 aliphatic heterocycles. The van der Waals surface area contributed by atoms with Gasteiger partial charge in [-0.25, -0.2) is 5.01 Å². The third kappa shape index (κ3) is 3.04. The molecule has 0 saturated carbocycles. The van der Waals surface area contributed by atoms with Crippen molar-refractivity contribution in [2.24, 2.45) is 0 Å². The van der Waals surface area contributed by atoms with Gasteiger partial charge in [0.15, 0.2) is 0 Å². The third-order valence-electron chi connectivity index (χ3n) is 4.23. The van der Waals surface area contributed by atoms with Gasteiger partial charge in [-0.05, 0) is 54.5 Å². The van der Waals surface area contributed by atoms with Crippen molar-refractivity contribution in [1.82, 2.24) is 5.43 Å². The molecule has 0 aromatic heterocycles. The van der Waals surface area contributed by atoms with E-state index in [0.29, 0.717) is 15.7 Å². The molecule has 2 aromatic carbocycles. The van der Waals surface area contributed by atoms with Crippen LogP contribution < -0.4 is 15.2 Å². The van der Waals surface area contributed by atoms with Gasteiger partial charge in [-0.15, -0.1) is 0 Å². The quantitative estimate of drug-likeness (QED) is 0.628. The van der Waals surface area contributed by atoms with Crippen LogP contribution in [0.3, 0.4) is 0 Å². The second-order valence-corrected chi connectivity index (χ2v) is 7.14. The molecule has 2 heterocycles. The normalized spacial score (nSPS) is 20.3. The Morgan fingerprint density at radius 1 is 1.15 bits per heavy atom. The number of halogens is 2. The average Bonchev–Trinajstić information content (AvgIpc) is 3.07. The fourth-order valence-corrected chi connectivity index (χ4v) is 3.62. The Balaban J connectivity index is 1.65. The molecular weight excluding hydrogens is 375 g/mol. The summed E-state index contributed by atoms with van der Waals surface area (Å²) in [6.45, 7) is 2.00. The first-order valence-corrected chi connectivity index (χ1v) is 8.79. The van der Waals surface area contributed by atoms with Crippen molar-refractivity contribution in [3.63, 3.8) is 0 Å². The summed E-state index contributed by atoms with van der Waals surface area (Å²) in [5, 5.41) is 1.89. The smallest absolute Gasteiger partial charge is 0.282 e. The fraction of sp³-hybridized carbons (Fsp3) is 0.158. The van der Waals surface area contributed by atoms with Crippen LogP contribution >= 0.6 is 23.2 Å². The largest absolute Gasteiger partial charge is 0.490 e. The van der Waals surface area contributed by atoms with Gasteiger partial charge >= 0.3 is 0 Å². The lowest BCUT2D eigenvalue weighted by molar-refractivity contribution is -0.117. The number of benzene rings is 2. The number of anilines is 1. The number of hydrogen-bond acceptors (Lipinski definition) is 3. The Morgan fingerprint density at radius 3 is 2.62 bits per heavy atom. The SMILES string of the molecule is C[C@H]1Cc2cc(/C=C3/C(=O)NN(c4cc(Cl)cc(Cl)c4)C3=O)ccc2O1. The van der Waals surface area contributed by atoms with E-state index in [-0.39, 0.29) is 11.7 Å². The van der Waals surface area contributed by atoms with Crippen molar-refractivity contribution in [3.05, 3.63) is 63.1 Å². The minimum atomic E-state index is -0.476. The summed E-state index contributed by atoms with van der Waals surface area (Å²) in [6.07, 6.45) is 2.51. The molecule has 1 atom stereocenters. The topological polar surface area (TPSA) is 58.6 Å². The van der Waals surface area contributed by atoms with Crippen LogP contribution in [0.15, 0.2) is 42.0 Å². The van der Waals surface area contributed by atoms with Crippen molar-refractivity contribution >= 4 is 46.8 Å². The summed E-state index contributed by atoms with van der Waals surface area (Å²) in [5.74, 6) is -0.0910. The van der Waals surface area contributed by atoms with Gasteiger partial charge in [0.1, 0.15) is 17.4 Å². The number of rotatable bonds is 2. The zero-order valence-electron chi connectivity index (χ0n) is 13.8. The van der Waals surface area contributed by atoms with E-state index < -0.39 is 11.8 Å². The predicted octanol–water partition coefficient (Wildman–Crippen LogP) is 3.78. The van der Waals surface area contributed by atoms with E-state index in [1.165, 1.54) is 0 Å². The summed E-state index contributed by atoms with van der Waals surface area (Å²) in [6, 6.07) is 10.3. The number of ether oxygens (including phenoxy) is 1. The molecule has 2 aromatic rings. The number of nitrogens with zero attached hydrogens (tertiary/aromatic N) is 1. The van der Waals surface area contributed by atoms with E-state index in [2.05, 4.69) is 5.43 Å². The van der Waals surface area contributed by atoms with Gasteiger partial charge in [0.25, 0.3) is 11.8 Å². The van der Waals surface area contributed by atoms with Crippen molar-refractivity contribution in [2.45, 2.75) is 19.4 Å². The van der Waals surface area contributed by atoms with Gasteiger partial charge in [-0.1, -0.05) is 29.3 Å². The number of carbonyl (C=O) groups is 2. The van der Waals surface area contributed by atoms with Crippen LogP contribution in [0.25, 0.3) is 6.08 Å². The van der Waals surface area contributed by atoms with Gasteiger partial charge < -0.3 is 4.74 Å². The first kappa shape index (κ1) is 16.9. The maximum Gasteiger partial charge on any atom is 0.282 e. The van der Waals surface area contributed by atoms with Crippen molar-refractivity contribution in [1.29, 1.82) is 0 Å². The van der Waals surface area contributed by atoms with E-state index in [0.717, 1.165) is 28.3 Å². The van der Waals surface area contributed by atoms with E-state index in [1.54, 1.807) is 24.3 Å². The van der Waals surface area contributed by atoms with E-state index >= 15 is 0 Å². The number of amides is 2. The second kappa shape index (κ2) is 6.34. The lowest BCUT2D eigenvalue weighted by atomic mass is 10.0. The van der Waals surface area contributed by atoms with Crippen LogP contribution in [-0.2, 0) is 16.0 Å². The van der Waals surface area contributed by atoms with Crippen LogP contribution in [0, 0.1) is 0 Å². The molecule has 132 valence electrons. The molecule has 7 heteroatoms. The predicted molar refractivity (Wildman–Crippen MR) is 100 cm³/mol. The Bertz CT molecular complexity index is 951. The zero-order valence-corrected chi connectivity index (χ0v) is 15.3. The standard InChI is InChI=1S/C19H14Cl2N2O3/c1-10-4-12-5-11(2-3-17(12)26-10)6-16-18(24)22-23(19(16)25)15-8-13(20)7-14(21)9-15/h2-3,5-10H,4H2,1H3,(H,22,24)/b16-6-/t10-/m0/s1. The van der Waals surface area contributed by atoms with Gasteiger partial charge in [0, 0.05) is 16.5 Å². The molecule has 0 radical (unpaired) electrons. The number of hydrogen-bond donors (Lipinski definition) is 1. The summed E-state index contributed by atoms with van der Waals surface area (Å²) in [7, 11) is 0. The highest BCUT2D eigenvalue weighted by atomic mass is 35.5. The van der Waals surface area contributed by atoms with E-state index in [9.17, 15) is 9.59 Å². The Kier molecular flexibility index (Phi) is 4.13. The van der Waals surface area contributed by atoms with Gasteiger partial charge in [0.05, 0.1) is 5.69 Å². The van der Waals surface area contributed by atoms with Crippen LogP contribution in [0.1, 0.15) is 18.1 Å². The molecule has 1 N–H and O–H groups in total. The van der Waals surface area contributed by atoms with Crippen LogP contribution in [-0.4, -0.2) is 17.9 Å². The van der Waals surface area contributed by atoms with Crippen LogP contribution in [0.2, 0.25) is 10.0 Å². The number of hydrazine groups is 1. The Hall–Kier alpha value is -2.50. The molecule has 2 aliphatic rings. The lowest BCUT2D eigenvalue weighted by Gasteiger charge is -2.15. The number of fused-ring (bicyclic) bond motifs is 1. The first-order valence-electron chi connectivity index (χ1n) is 8.03. The van der Waals surface area contributed by atoms with Gasteiger partial charge in [-0.2, -0.15) is 0 Å². The minimum Gasteiger partial charge on any atom is -0.490 e. The molecule has 26 heavy (non-hydrogen) atoms. The summed E-state index contributed by atoms with van der Waals surface area (Å²) >= 11 is 12.0. The van der Waals surface area contributed by atoms with Gasteiger partial charge in [-0.3, -0.25) is 15.0 Å². The zero-order chi connectivity index (χ0) is 18.4. The summed E-state index contributed by atoms with van der Waals surface area (Å²) < 4.78 is 5.67. The highest BCUT2D eigenvalue weighted by Gasteiger charge is 2.34. The highest BCUT2D eigenvalue weighted by Crippen LogP contribution is 2.31. The van der Waals surface area contributed by atoms with Crippen molar-refractivity contribution in [2.75, 3.05) is 5.01 Å². The molecule has 1 fully saturated rings. The maximum atomic E-state index is 12.7. The van der Waals surface area contributed by atoms with E-state index in [1.807, 2.05) is 25.1 Å². The minimum absolute atomic E-state index is 0.0491. The molecular formula is C19H14Cl2N2O3. The monoisotopic (exact) mass is 388 g/mol. The lowest BCUT2D eigenvalue weighted by Crippen LogP contribution is -2.35. The molecule has 0 unspecified atom stereocenters. The molecule has 5 nitrogen and oxygen atoms in total. The van der Waals surface area contributed by atoms with E-state index in [4.69, 9.17) is 27.9 Å². The molecule has 0 spiro atoms. The van der Waals surface area contributed by atoms with Crippen LogP contribution in [0.5, 0.6) is 5.75 Å². The fourth-order valence-electron chi connectivity index (χ4n) is 3.11. The average molecular weight is 389 g/mol. The molecule has 2 amide bonds. The van der Waals surface area contributed by atoms with Crippen LogP contribution in [0.4, 0.5) is 5.69 Å². The summed E-state index contributed by atoms with van der Waals surface area (Å²) in [5.41, 5.74) is 4.83. The molecule has 0 bridgehead atoms. The number of nitrogens with one attached hydrogen (secondary N) is 1.